The van der Waals surface area contributed by atoms with Crippen LogP contribution >= 0.6 is 11.3 Å². The normalized spacial score (nSPS) is 20.9. The Labute approximate surface area is 179 Å². The van der Waals surface area contributed by atoms with Crippen LogP contribution in [0.25, 0.3) is 0 Å². The summed E-state index contributed by atoms with van der Waals surface area (Å²) in [6, 6.07) is 4.57. The summed E-state index contributed by atoms with van der Waals surface area (Å²) in [5.74, 6) is -1.97. The molecular weight excluding hydrogens is 430 g/mol. The van der Waals surface area contributed by atoms with Gasteiger partial charge < -0.3 is 4.90 Å². The maximum absolute atomic E-state index is 14.0. The van der Waals surface area contributed by atoms with Crippen LogP contribution in [0.2, 0.25) is 0 Å². The molecule has 0 spiro atoms. The number of hydrogen-bond acceptors (Lipinski definition) is 4. The van der Waals surface area contributed by atoms with Gasteiger partial charge in [0.05, 0.1) is 6.04 Å². The fourth-order valence-corrected chi connectivity index (χ4v) is 6.97. The molecule has 162 valence electrons. The number of hydrogen-bond donors (Lipinski definition) is 0. The molecule has 9 heteroatoms. The van der Waals surface area contributed by atoms with Gasteiger partial charge in [-0.15, -0.1) is 11.3 Å². The van der Waals surface area contributed by atoms with Crippen LogP contribution in [-0.2, 0) is 21.2 Å². The first-order valence-corrected chi connectivity index (χ1v) is 12.5. The molecule has 0 saturated carbocycles. The second-order valence-corrected chi connectivity index (χ2v) is 10.7. The van der Waals surface area contributed by atoms with Crippen molar-refractivity contribution in [3.63, 3.8) is 0 Å². The lowest BCUT2D eigenvalue weighted by atomic mass is 9.92. The zero-order valence-electron chi connectivity index (χ0n) is 16.7. The summed E-state index contributed by atoms with van der Waals surface area (Å²) in [5, 5.41) is 2.07. The number of carbonyl (C=O) groups is 1. The van der Waals surface area contributed by atoms with Crippen molar-refractivity contribution in [3.05, 3.63) is 51.7 Å². The number of halogens is 2. The van der Waals surface area contributed by atoms with Crippen LogP contribution < -0.4 is 0 Å². The third-order valence-electron chi connectivity index (χ3n) is 6.08. The molecule has 5 nitrogen and oxygen atoms in total. The topological polar surface area (TPSA) is 57.7 Å². The minimum absolute atomic E-state index is 0.0627. The molecule has 1 atom stereocenters. The van der Waals surface area contributed by atoms with Crippen molar-refractivity contribution in [1.82, 2.24) is 9.21 Å². The fraction of sp³-hybridized carbons (Fsp3) is 0.476. The number of fused-ring (bicyclic) bond motifs is 1. The first-order chi connectivity index (χ1) is 14.3. The maximum atomic E-state index is 14.0. The number of benzene rings is 1. The molecule has 1 fully saturated rings. The predicted octanol–water partition coefficient (Wildman–Crippen LogP) is 3.96. The van der Waals surface area contributed by atoms with Crippen molar-refractivity contribution in [2.75, 3.05) is 19.6 Å². The number of thiophene rings is 1. The number of sulfonamides is 1. The number of amides is 1. The highest BCUT2D eigenvalue weighted by atomic mass is 32.2. The number of nitrogens with zero attached hydrogens (tertiary/aromatic N) is 2. The van der Waals surface area contributed by atoms with Gasteiger partial charge in [0.25, 0.3) is 0 Å². The van der Waals surface area contributed by atoms with Gasteiger partial charge in [-0.3, -0.25) is 4.79 Å². The Hall–Kier alpha value is -1.84. The van der Waals surface area contributed by atoms with E-state index in [2.05, 4.69) is 18.4 Å². The lowest BCUT2D eigenvalue weighted by Crippen LogP contribution is -2.47. The van der Waals surface area contributed by atoms with Gasteiger partial charge in [0, 0.05) is 30.4 Å². The van der Waals surface area contributed by atoms with E-state index in [-0.39, 0.29) is 31.0 Å². The fourth-order valence-electron chi connectivity index (χ4n) is 4.49. The van der Waals surface area contributed by atoms with Gasteiger partial charge in [-0.1, -0.05) is 6.92 Å². The molecule has 3 heterocycles. The zero-order chi connectivity index (χ0) is 21.5. The second kappa shape index (κ2) is 8.36. The minimum Gasteiger partial charge on any atom is -0.335 e. The Morgan fingerprint density at radius 3 is 2.60 bits per heavy atom. The molecule has 2 aliphatic rings. The lowest BCUT2D eigenvalue weighted by molar-refractivity contribution is -0.139. The summed E-state index contributed by atoms with van der Waals surface area (Å²) < 4.78 is 54.2. The number of rotatable bonds is 4. The van der Waals surface area contributed by atoms with Crippen LogP contribution in [0.4, 0.5) is 8.78 Å². The van der Waals surface area contributed by atoms with Gasteiger partial charge in [-0.2, -0.15) is 4.31 Å². The van der Waals surface area contributed by atoms with Crippen molar-refractivity contribution in [2.24, 2.45) is 5.92 Å². The molecule has 2 aliphatic heterocycles. The van der Waals surface area contributed by atoms with Gasteiger partial charge >= 0.3 is 0 Å². The summed E-state index contributed by atoms with van der Waals surface area (Å²) in [4.78, 5) is 15.9. The number of piperidine rings is 1. The van der Waals surface area contributed by atoms with Crippen molar-refractivity contribution in [1.29, 1.82) is 0 Å². The quantitative estimate of drug-likeness (QED) is 0.703. The largest absolute Gasteiger partial charge is 0.335 e. The van der Waals surface area contributed by atoms with Crippen molar-refractivity contribution in [2.45, 2.75) is 43.5 Å². The lowest BCUT2D eigenvalue weighted by Gasteiger charge is -2.39. The van der Waals surface area contributed by atoms with Crippen molar-refractivity contribution >= 4 is 27.3 Å². The average molecular weight is 455 g/mol. The molecule has 0 N–H and O–H groups in total. The van der Waals surface area contributed by atoms with Crippen LogP contribution in [0.5, 0.6) is 0 Å². The van der Waals surface area contributed by atoms with Crippen LogP contribution in [0.3, 0.4) is 0 Å². The van der Waals surface area contributed by atoms with Gasteiger partial charge in [-0.05, 0) is 60.9 Å². The molecule has 1 amide bonds. The Kier molecular flexibility index (Phi) is 5.96. The second-order valence-electron chi connectivity index (χ2n) is 7.76. The molecular formula is C21H24F2N2O3S2. The van der Waals surface area contributed by atoms with Crippen LogP contribution in [0, 0.1) is 17.6 Å². The first-order valence-electron chi connectivity index (χ1n) is 10.1. The average Bonchev–Trinajstić information content (AvgIpc) is 3.23. The first kappa shape index (κ1) is 21.4. The Morgan fingerprint density at radius 1 is 1.17 bits per heavy atom. The van der Waals surface area contributed by atoms with Gasteiger partial charge in [0.15, 0.2) is 0 Å². The molecule has 0 radical (unpaired) electrons. The molecule has 0 aliphatic carbocycles. The summed E-state index contributed by atoms with van der Waals surface area (Å²) >= 11 is 1.73. The Bertz CT molecular complexity index is 1050. The molecule has 1 aromatic carbocycles. The van der Waals surface area contributed by atoms with Crippen LogP contribution in [0.15, 0.2) is 34.5 Å². The SMILES string of the molecule is CC[C@H]1c2ccsc2CCN1C(=O)C1CCN(S(=O)(=O)c2cc(F)ccc2F)CC1. The van der Waals surface area contributed by atoms with E-state index in [1.165, 1.54) is 10.4 Å². The van der Waals surface area contributed by atoms with Gasteiger partial charge in [0.2, 0.25) is 15.9 Å². The smallest absolute Gasteiger partial charge is 0.246 e. The highest BCUT2D eigenvalue weighted by Gasteiger charge is 2.38. The summed E-state index contributed by atoms with van der Waals surface area (Å²) in [7, 11) is -4.14. The third kappa shape index (κ3) is 3.78. The Balaban J connectivity index is 1.46. The monoisotopic (exact) mass is 454 g/mol. The van der Waals surface area contributed by atoms with Crippen LogP contribution in [0.1, 0.15) is 42.7 Å². The third-order valence-corrected chi connectivity index (χ3v) is 8.99. The molecule has 4 rings (SSSR count). The molecule has 1 aromatic heterocycles. The van der Waals surface area contributed by atoms with E-state index in [9.17, 15) is 22.0 Å². The Morgan fingerprint density at radius 2 is 1.90 bits per heavy atom. The van der Waals surface area contributed by atoms with E-state index in [1.807, 2.05) is 4.90 Å². The van der Waals surface area contributed by atoms with Crippen molar-refractivity contribution in [3.8, 4) is 0 Å². The van der Waals surface area contributed by atoms with Crippen LogP contribution in [-0.4, -0.2) is 43.2 Å². The van der Waals surface area contributed by atoms with E-state index in [0.717, 1.165) is 29.3 Å². The highest BCUT2D eigenvalue weighted by Crippen LogP contribution is 2.37. The van der Waals surface area contributed by atoms with Gasteiger partial charge in [0.1, 0.15) is 16.5 Å². The molecule has 1 saturated heterocycles. The highest BCUT2D eigenvalue weighted by molar-refractivity contribution is 7.89. The standard InChI is InChI=1S/C21H24F2N2O3S2/c1-2-18-16-8-12-29-19(16)7-11-25(18)21(26)14-5-9-24(10-6-14)30(27,28)20-13-15(22)3-4-17(20)23/h3-4,8,12-14,18H,2,5-7,9-11H2,1H3/t18-/m0/s1. The summed E-state index contributed by atoms with van der Waals surface area (Å²) in [5.41, 5.74) is 1.23. The molecule has 30 heavy (non-hydrogen) atoms. The number of carbonyl (C=O) groups excluding carboxylic acids is 1. The molecule has 2 aromatic rings. The maximum Gasteiger partial charge on any atom is 0.246 e. The summed E-state index contributed by atoms with van der Waals surface area (Å²) in [6.45, 7) is 2.98. The van der Waals surface area contributed by atoms with E-state index >= 15 is 0 Å². The zero-order valence-corrected chi connectivity index (χ0v) is 18.3. The summed E-state index contributed by atoms with van der Waals surface area (Å²) in [6.07, 6.45) is 2.43. The van der Waals surface area contributed by atoms with E-state index < -0.39 is 26.6 Å². The van der Waals surface area contributed by atoms with E-state index in [1.54, 1.807) is 11.3 Å². The molecule has 0 bridgehead atoms. The predicted molar refractivity (Wildman–Crippen MR) is 111 cm³/mol. The minimum atomic E-state index is -4.14. The van der Waals surface area contributed by atoms with E-state index in [4.69, 9.17) is 0 Å². The molecule has 0 unspecified atom stereocenters. The van der Waals surface area contributed by atoms with Gasteiger partial charge in [-0.25, -0.2) is 17.2 Å². The van der Waals surface area contributed by atoms with E-state index in [0.29, 0.717) is 25.5 Å². The van der Waals surface area contributed by atoms with Crippen molar-refractivity contribution < 1.29 is 22.0 Å².